The van der Waals surface area contributed by atoms with Gasteiger partial charge in [0.25, 0.3) is 5.56 Å². The molecule has 0 aliphatic carbocycles. The summed E-state index contributed by atoms with van der Waals surface area (Å²) in [5, 5.41) is 11.7. The minimum Gasteiger partial charge on any atom is -0.338 e. The number of nitrogens with one attached hydrogen (secondary N) is 1. The molecule has 0 bridgehead atoms. The molecule has 3 aromatic heterocycles. The van der Waals surface area contributed by atoms with Crippen LogP contribution in [0.2, 0.25) is 0 Å². The molecule has 10 heteroatoms. The second kappa shape index (κ2) is 7.88. The van der Waals surface area contributed by atoms with Gasteiger partial charge in [0.2, 0.25) is 11.7 Å². The van der Waals surface area contributed by atoms with Gasteiger partial charge in [0.05, 0.1) is 17.6 Å². The molecule has 0 spiro atoms. The Morgan fingerprint density at radius 3 is 2.80 bits per heavy atom. The number of H-pyrrole nitrogens is 1. The molecule has 8 nitrogen and oxygen atoms in total. The van der Waals surface area contributed by atoms with Gasteiger partial charge in [0, 0.05) is 10.0 Å². The monoisotopic (exact) mass is 480 g/mol. The zero-order valence-corrected chi connectivity index (χ0v) is 17.7. The fourth-order valence-electron chi connectivity index (χ4n) is 2.96. The van der Waals surface area contributed by atoms with Crippen molar-refractivity contribution < 1.29 is 4.52 Å². The van der Waals surface area contributed by atoms with Crippen molar-refractivity contribution in [1.29, 1.82) is 0 Å². The first-order valence-electron chi connectivity index (χ1n) is 8.92. The molecule has 0 aliphatic heterocycles. The Morgan fingerprint density at radius 2 is 1.97 bits per heavy atom. The van der Waals surface area contributed by atoms with Gasteiger partial charge in [-0.15, -0.1) is 0 Å². The summed E-state index contributed by atoms with van der Waals surface area (Å²) in [5.41, 5.74) is 1.82. The van der Waals surface area contributed by atoms with Crippen LogP contribution in [0, 0.1) is 0 Å². The highest BCUT2D eigenvalue weighted by molar-refractivity contribution is 9.10. The number of aromatic nitrogens is 6. The van der Waals surface area contributed by atoms with E-state index in [0.29, 0.717) is 33.7 Å². The summed E-state index contributed by atoms with van der Waals surface area (Å²) in [6, 6.07) is 17.0. The lowest BCUT2D eigenvalue weighted by Gasteiger charge is -2.10. The van der Waals surface area contributed by atoms with Gasteiger partial charge in [0.15, 0.2) is 10.8 Å². The standard InChI is InChI=1S/C20H13BrN6O2S/c21-13-6-4-5-12(9-13)17-23-16(29-26-17)11-30-20-24-18-15(10-22-25-18)19(28)27(20)14-7-2-1-3-8-14/h1-10H,11H2,(H,22,25). The zero-order chi connectivity index (χ0) is 20.5. The molecule has 2 aromatic carbocycles. The van der Waals surface area contributed by atoms with Gasteiger partial charge in [-0.1, -0.05) is 63.2 Å². The van der Waals surface area contributed by atoms with E-state index < -0.39 is 0 Å². The molecule has 30 heavy (non-hydrogen) atoms. The van der Waals surface area contributed by atoms with E-state index in [2.05, 4.69) is 41.3 Å². The third-order valence-electron chi connectivity index (χ3n) is 4.34. The molecule has 0 amide bonds. The molecule has 5 rings (SSSR count). The summed E-state index contributed by atoms with van der Waals surface area (Å²) in [5.74, 6) is 1.30. The number of hydrogen-bond donors (Lipinski definition) is 1. The fraction of sp³-hybridized carbons (Fsp3) is 0.0500. The van der Waals surface area contributed by atoms with Gasteiger partial charge in [0.1, 0.15) is 5.39 Å². The predicted octanol–water partition coefficient (Wildman–Crippen LogP) is 4.21. The molecule has 0 aliphatic rings. The Kier molecular flexibility index (Phi) is 4.93. The first-order valence-corrected chi connectivity index (χ1v) is 10.7. The molecule has 0 saturated carbocycles. The van der Waals surface area contributed by atoms with Crippen LogP contribution >= 0.6 is 27.7 Å². The number of rotatable bonds is 5. The Labute approximate surface area is 182 Å². The van der Waals surface area contributed by atoms with Crippen molar-refractivity contribution in [2.24, 2.45) is 0 Å². The third-order valence-corrected chi connectivity index (χ3v) is 5.76. The topological polar surface area (TPSA) is 102 Å². The molecule has 0 unspecified atom stereocenters. The molecule has 5 aromatic rings. The number of benzene rings is 2. The average Bonchev–Trinajstić information content (AvgIpc) is 3.43. The summed E-state index contributed by atoms with van der Waals surface area (Å²) in [6.45, 7) is 0. The molecule has 0 radical (unpaired) electrons. The molecular formula is C20H13BrN6O2S. The second-order valence-electron chi connectivity index (χ2n) is 6.31. The summed E-state index contributed by atoms with van der Waals surface area (Å²) >= 11 is 4.78. The van der Waals surface area contributed by atoms with E-state index in [-0.39, 0.29) is 5.56 Å². The lowest BCUT2D eigenvalue weighted by Crippen LogP contribution is -2.21. The summed E-state index contributed by atoms with van der Waals surface area (Å²) in [7, 11) is 0. The summed E-state index contributed by atoms with van der Waals surface area (Å²) in [4.78, 5) is 22.1. The quantitative estimate of drug-likeness (QED) is 0.296. The Morgan fingerprint density at radius 1 is 1.10 bits per heavy atom. The van der Waals surface area contributed by atoms with Crippen molar-refractivity contribution in [3.63, 3.8) is 0 Å². The highest BCUT2D eigenvalue weighted by Gasteiger charge is 2.16. The van der Waals surface area contributed by atoms with Crippen LogP contribution in [0.4, 0.5) is 0 Å². The number of nitrogens with zero attached hydrogens (tertiary/aromatic N) is 5. The van der Waals surface area contributed by atoms with Crippen molar-refractivity contribution in [1.82, 2.24) is 29.9 Å². The minimum atomic E-state index is -0.192. The van der Waals surface area contributed by atoms with Gasteiger partial charge >= 0.3 is 0 Å². The molecular weight excluding hydrogens is 468 g/mol. The van der Waals surface area contributed by atoms with Crippen LogP contribution in [0.15, 0.2) is 79.7 Å². The van der Waals surface area contributed by atoms with Crippen LogP contribution in [0.1, 0.15) is 5.89 Å². The molecule has 0 saturated heterocycles. The van der Waals surface area contributed by atoms with E-state index in [1.807, 2.05) is 54.6 Å². The first-order chi connectivity index (χ1) is 14.7. The fourth-order valence-corrected chi connectivity index (χ4v) is 4.20. The zero-order valence-electron chi connectivity index (χ0n) is 15.3. The van der Waals surface area contributed by atoms with Gasteiger partial charge in [-0.05, 0) is 24.3 Å². The molecule has 1 N–H and O–H groups in total. The third kappa shape index (κ3) is 3.55. The maximum Gasteiger partial charge on any atom is 0.269 e. The van der Waals surface area contributed by atoms with E-state index in [0.717, 1.165) is 15.7 Å². The van der Waals surface area contributed by atoms with E-state index >= 15 is 0 Å². The minimum absolute atomic E-state index is 0.192. The number of fused-ring (bicyclic) bond motifs is 1. The van der Waals surface area contributed by atoms with E-state index in [1.165, 1.54) is 18.0 Å². The van der Waals surface area contributed by atoms with Gasteiger partial charge in [-0.25, -0.2) is 4.98 Å². The Bertz CT molecular complexity index is 1400. The van der Waals surface area contributed by atoms with Crippen molar-refractivity contribution in [3.05, 3.63) is 81.5 Å². The molecule has 148 valence electrons. The van der Waals surface area contributed by atoms with E-state index in [9.17, 15) is 4.79 Å². The number of hydrogen-bond acceptors (Lipinski definition) is 7. The van der Waals surface area contributed by atoms with Gasteiger partial charge in [-0.3, -0.25) is 14.5 Å². The Hall–Kier alpha value is -3.24. The largest absolute Gasteiger partial charge is 0.338 e. The normalized spacial score (nSPS) is 11.2. The van der Waals surface area contributed by atoms with Gasteiger partial charge < -0.3 is 4.52 Å². The average molecular weight is 481 g/mol. The summed E-state index contributed by atoms with van der Waals surface area (Å²) in [6.07, 6.45) is 1.49. The predicted molar refractivity (Wildman–Crippen MR) is 116 cm³/mol. The van der Waals surface area contributed by atoms with Crippen LogP contribution in [0.5, 0.6) is 0 Å². The Balaban J connectivity index is 1.48. The maximum absolute atomic E-state index is 13.0. The van der Waals surface area contributed by atoms with E-state index in [4.69, 9.17) is 4.52 Å². The number of thioether (sulfide) groups is 1. The molecule has 0 fully saturated rings. The number of halogens is 1. The lowest BCUT2D eigenvalue weighted by molar-refractivity contribution is 0.391. The highest BCUT2D eigenvalue weighted by Crippen LogP contribution is 2.25. The lowest BCUT2D eigenvalue weighted by atomic mass is 10.2. The van der Waals surface area contributed by atoms with Crippen molar-refractivity contribution in [2.45, 2.75) is 10.9 Å². The number of para-hydroxylation sites is 1. The van der Waals surface area contributed by atoms with Gasteiger partial charge in [-0.2, -0.15) is 10.1 Å². The molecule has 3 heterocycles. The van der Waals surface area contributed by atoms with Crippen molar-refractivity contribution >= 4 is 38.7 Å². The smallest absolute Gasteiger partial charge is 0.269 e. The highest BCUT2D eigenvalue weighted by atomic mass is 79.9. The van der Waals surface area contributed by atoms with Crippen LogP contribution in [-0.2, 0) is 5.75 Å². The van der Waals surface area contributed by atoms with Crippen LogP contribution in [0.3, 0.4) is 0 Å². The number of aromatic amines is 1. The van der Waals surface area contributed by atoms with Crippen LogP contribution < -0.4 is 5.56 Å². The van der Waals surface area contributed by atoms with Crippen molar-refractivity contribution in [3.8, 4) is 17.1 Å². The SMILES string of the molecule is O=c1c2cn[nH]c2nc(SCc2nc(-c3cccc(Br)c3)no2)n1-c1ccccc1. The van der Waals surface area contributed by atoms with Crippen molar-refractivity contribution in [2.75, 3.05) is 0 Å². The van der Waals surface area contributed by atoms with Crippen LogP contribution in [-0.4, -0.2) is 29.9 Å². The second-order valence-corrected chi connectivity index (χ2v) is 8.17. The first kappa shape index (κ1) is 18.8. The van der Waals surface area contributed by atoms with E-state index in [1.54, 1.807) is 4.57 Å². The summed E-state index contributed by atoms with van der Waals surface area (Å²) < 4.78 is 7.89. The van der Waals surface area contributed by atoms with Crippen LogP contribution in [0.25, 0.3) is 28.1 Å². The molecule has 0 atom stereocenters. The maximum atomic E-state index is 13.0.